The molecule has 0 saturated heterocycles. The average Bonchev–Trinajstić information content (AvgIpc) is 3.26. The van der Waals surface area contributed by atoms with Crippen molar-refractivity contribution in [3.8, 4) is 0 Å². The minimum absolute atomic E-state index is 0.309. The molecule has 0 saturated carbocycles. The molecule has 5 nitrogen and oxygen atoms in total. The number of unbranched alkanes of at least 4 members (excludes halogenated alkanes) is 9. The summed E-state index contributed by atoms with van der Waals surface area (Å²) in [5.41, 5.74) is 1.03. The van der Waals surface area contributed by atoms with Crippen LogP contribution in [0.5, 0.6) is 0 Å². The van der Waals surface area contributed by atoms with Crippen LogP contribution in [0.1, 0.15) is 81.6 Å². The number of nitrogens with one attached hydrogen (secondary N) is 1. The van der Waals surface area contributed by atoms with Gasteiger partial charge in [0.25, 0.3) is 0 Å². The molecule has 0 aliphatic carbocycles. The summed E-state index contributed by atoms with van der Waals surface area (Å²) in [6, 6.07) is 10.4. The van der Waals surface area contributed by atoms with Crippen molar-refractivity contribution in [2.75, 3.05) is 12.8 Å². The van der Waals surface area contributed by atoms with Crippen molar-refractivity contribution < 1.29 is 16.8 Å². The maximum atomic E-state index is 12.6. The van der Waals surface area contributed by atoms with Gasteiger partial charge in [0, 0.05) is 17.7 Å². The number of aryl methyl sites for hydroxylation is 2. The highest BCUT2D eigenvalue weighted by atomic mass is 32.2. The highest BCUT2D eigenvalue weighted by Crippen LogP contribution is 2.23. The zero-order valence-corrected chi connectivity index (χ0v) is 22.5. The zero-order valence-electron chi connectivity index (χ0n) is 20.0. The second-order valence-electron chi connectivity index (χ2n) is 8.72. The summed E-state index contributed by atoms with van der Waals surface area (Å²) >= 11 is 1.30. The summed E-state index contributed by atoms with van der Waals surface area (Å²) in [5, 5.41) is 0. The molecular formula is C25H39NO4S3. The van der Waals surface area contributed by atoms with Gasteiger partial charge in [-0.1, -0.05) is 76.8 Å². The third-order valence-electron chi connectivity index (χ3n) is 5.74. The Morgan fingerprint density at radius 1 is 0.727 bits per heavy atom. The van der Waals surface area contributed by atoms with Gasteiger partial charge in [0.1, 0.15) is 4.21 Å². The Bertz CT molecular complexity index is 1030. The second-order valence-corrected chi connectivity index (χ2v) is 13.9. The SMILES string of the molecule is CCCCCCCCCCCCNS(=O)(=O)c1ccc(CCc2ccc(S(C)(=O)=O)cc2)s1. The number of rotatable bonds is 17. The first-order valence-corrected chi connectivity index (χ1v) is 16.3. The largest absolute Gasteiger partial charge is 0.250 e. The van der Waals surface area contributed by atoms with Crippen LogP contribution in [0.3, 0.4) is 0 Å². The molecule has 1 N–H and O–H groups in total. The van der Waals surface area contributed by atoms with Gasteiger partial charge < -0.3 is 0 Å². The number of sulfonamides is 1. The molecule has 0 radical (unpaired) electrons. The van der Waals surface area contributed by atoms with Gasteiger partial charge in [-0.2, -0.15) is 0 Å². The van der Waals surface area contributed by atoms with Gasteiger partial charge in [-0.15, -0.1) is 11.3 Å². The van der Waals surface area contributed by atoms with Gasteiger partial charge in [0.2, 0.25) is 10.0 Å². The van der Waals surface area contributed by atoms with Gasteiger partial charge >= 0.3 is 0 Å². The lowest BCUT2D eigenvalue weighted by Crippen LogP contribution is -2.23. The van der Waals surface area contributed by atoms with Crippen molar-refractivity contribution in [2.45, 2.75) is 93.1 Å². The van der Waals surface area contributed by atoms with Gasteiger partial charge in [-0.3, -0.25) is 0 Å². The van der Waals surface area contributed by atoms with Gasteiger partial charge in [-0.05, 0) is 49.1 Å². The van der Waals surface area contributed by atoms with E-state index in [0.717, 1.165) is 36.1 Å². The first-order valence-electron chi connectivity index (χ1n) is 12.1. The molecule has 186 valence electrons. The summed E-state index contributed by atoms with van der Waals surface area (Å²) in [7, 11) is -6.64. The first kappa shape index (κ1) is 28.0. The Hall–Kier alpha value is -1.22. The number of benzene rings is 1. The Morgan fingerprint density at radius 3 is 1.88 bits per heavy atom. The smallest absolute Gasteiger partial charge is 0.224 e. The molecule has 2 aromatic rings. The third-order valence-corrected chi connectivity index (χ3v) is 9.96. The minimum Gasteiger partial charge on any atom is -0.224 e. The number of thiophene rings is 1. The Labute approximate surface area is 205 Å². The minimum atomic E-state index is -3.45. The predicted octanol–water partition coefficient (Wildman–Crippen LogP) is 6.14. The van der Waals surface area contributed by atoms with Crippen LogP contribution >= 0.6 is 11.3 Å². The maximum absolute atomic E-state index is 12.6. The van der Waals surface area contributed by atoms with Crippen molar-refractivity contribution in [3.05, 3.63) is 46.8 Å². The first-order chi connectivity index (χ1) is 15.7. The van der Waals surface area contributed by atoms with Crippen LogP contribution < -0.4 is 4.72 Å². The summed E-state index contributed by atoms with van der Waals surface area (Å²) < 4.78 is 51.3. The summed E-state index contributed by atoms with van der Waals surface area (Å²) in [6.45, 7) is 2.72. The fraction of sp³-hybridized carbons (Fsp3) is 0.600. The molecule has 0 atom stereocenters. The molecule has 1 heterocycles. The van der Waals surface area contributed by atoms with Crippen LogP contribution in [0.15, 0.2) is 45.5 Å². The van der Waals surface area contributed by atoms with Crippen molar-refractivity contribution in [2.24, 2.45) is 0 Å². The topological polar surface area (TPSA) is 80.3 Å². The number of hydrogen-bond acceptors (Lipinski definition) is 5. The lowest BCUT2D eigenvalue weighted by Gasteiger charge is -2.05. The molecule has 33 heavy (non-hydrogen) atoms. The standard InChI is InChI=1S/C25H39NO4S3/c1-3-4-5-6-7-8-9-10-11-12-21-26-33(29,30)25-20-17-23(31-25)16-13-22-14-18-24(19-15-22)32(2,27)28/h14-15,17-20,26H,3-13,16,21H2,1-2H3. The Balaban J connectivity index is 1.67. The predicted molar refractivity (Wildman–Crippen MR) is 138 cm³/mol. The van der Waals surface area contributed by atoms with E-state index in [4.69, 9.17) is 0 Å². The zero-order chi connectivity index (χ0) is 24.2. The Kier molecular flexibility index (Phi) is 12.1. The molecule has 8 heteroatoms. The molecular weight excluding hydrogens is 474 g/mol. The van der Waals surface area contributed by atoms with E-state index in [-0.39, 0.29) is 0 Å². The van der Waals surface area contributed by atoms with Crippen LogP contribution in [0.2, 0.25) is 0 Å². The quantitative estimate of drug-likeness (QED) is 0.258. The fourth-order valence-electron chi connectivity index (χ4n) is 3.70. The molecule has 0 spiro atoms. The van der Waals surface area contributed by atoms with E-state index in [9.17, 15) is 16.8 Å². The highest BCUT2D eigenvalue weighted by molar-refractivity contribution is 7.91. The van der Waals surface area contributed by atoms with Crippen LogP contribution in [0.4, 0.5) is 0 Å². The number of hydrogen-bond donors (Lipinski definition) is 1. The van der Waals surface area contributed by atoms with Gasteiger partial charge in [-0.25, -0.2) is 21.6 Å². The number of sulfone groups is 1. The summed E-state index contributed by atoms with van der Waals surface area (Å²) in [4.78, 5) is 1.31. The summed E-state index contributed by atoms with van der Waals surface area (Å²) in [5.74, 6) is 0. The Morgan fingerprint density at radius 2 is 1.30 bits per heavy atom. The molecule has 0 unspecified atom stereocenters. The molecule has 2 rings (SSSR count). The van der Waals surface area contributed by atoms with E-state index in [1.54, 1.807) is 18.2 Å². The van der Waals surface area contributed by atoms with Gasteiger partial charge in [0.05, 0.1) is 4.90 Å². The molecule has 1 aromatic carbocycles. The lowest BCUT2D eigenvalue weighted by atomic mass is 10.1. The third kappa shape index (κ3) is 10.7. The van der Waals surface area contributed by atoms with Crippen molar-refractivity contribution in [1.29, 1.82) is 0 Å². The molecule has 0 amide bonds. The van der Waals surface area contributed by atoms with Crippen LogP contribution in [-0.4, -0.2) is 29.6 Å². The van der Waals surface area contributed by atoms with Crippen LogP contribution in [0.25, 0.3) is 0 Å². The van der Waals surface area contributed by atoms with E-state index in [1.165, 1.54) is 69.0 Å². The van der Waals surface area contributed by atoms with Crippen molar-refractivity contribution >= 4 is 31.2 Å². The monoisotopic (exact) mass is 513 g/mol. The van der Waals surface area contributed by atoms with E-state index >= 15 is 0 Å². The molecule has 0 fully saturated rings. The molecule has 0 aliphatic rings. The normalized spacial score (nSPS) is 12.3. The van der Waals surface area contributed by atoms with E-state index in [2.05, 4.69) is 11.6 Å². The van der Waals surface area contributed by atoms with Gasteiger partial charge in [0.15, 0.2) is 9.84 Å². The molecule has 0 aliphatic heterocycles. The van der Waals surface area contributed by atoms with E-state index in [1.807, 2.05) is 18.2 Å². The molecule has 0 bridgehead atoms. The van der Waals surface area contributed by atoms with Crippen molar-refractivity contribution in [1.82, 2.24) is 4.72 Å². The van der Waals surface area contributed by atoms with Crippen LogP contribution in [-0.2, 0) is 32.7 Å². The fourth-order valence-corrected chi connectivity index (χ4v) is 6.80. The van der Waals surface area contributed by atoms with Crippen LogP contribution in [0, 0.1) is 0 Å². The average molecular weight is 514 g/mol. The van der Waals surface area contributed by atoms with E-state index < -0.39 is 19.9 Å². The maximum Gasteiger partial charge on any atom is 0.250 e. The van der Waals surface area contributed by atoms with E-state index in [0.29, 0.717) is 15.6 Å². The lowest BCUT2D eigenvalue weighted by molar-refractivity contribution is 0.549. The van der Waals surface area contributed by atoms with Crippen molar-refractivity contribution in [3.63, 3.8) is 0 Å². The highest BCUT2D eigenvalue weighted by Gasteiger charge is 2.16. The molecule has 1 aromatic heterocycles. The second kappa shape index (κ2) is 14.2. The summed E-state index contributed by atoms with van der Waals surface area (Å²) in [6.07, 6.45) is 14.9.